The van der Waals surface area contributed by atoms with Gasteiger partial charge in [0.2, 0.25) is 0 Å². The zero-order valence-electron chi connectivity index (χ0n) is 4.84. The van der Waals surface area contributed by atoms with Gasteiger partial charge in [-0.3, -0.25) is 4.79 Å². The Morgan fingerprint density at radius 3 is 2.80 bits per heavy atom. The highest BCUT2D eigenvalue weighted by Gasteiger charge is 2.07. The number of pyridine rings is 1. The summed E-state index contributed by atoms with van der Waals surface area (Å²) in [6.45, 7) is 0. The summed E-state index contributed by atoms with van der Waals surface area (Å²) in [5.74, 6) is 0. The quantitative estimate of drug-likeness (QED) is 0.462. The normalized spacial score (nSPS) is 9.40. The van der Waals surface area contributed by atoms with Gasteiger partial charge in [0.15, 0.2) is 0 Å². The van der Waals surface area contributed by atoms with Crippen molar-refractivity contribution >= 4 is 17.6 Å². The number of hydrogen-bond acceptors (Lipinski definition) is 2. The van der Waals surface area contributed by atoms with E-state index in [0.29, 0.717) is 0 Å². The predicted octanol–water partition coefficient (Wildman–Crippen LogP) is 1.84. The molecule has 0 aliphatic heterocycles. The third-order valence-corrected chi connectivity index (χ3v) is 1.27. The van der Waals surface area contributed by atoms with E-state index in [1.165, 1.54) is 18.3 Å². The molecule has 0 bridgehead atoms. The average Bonchev–Trinajstić information content (AvgIpc) is 1.88. The lowest BCUT2D eigenvalue weighted by Gasteiger charge is -1.91. The highest BCUT2D eigenvalue weighted by Crippen LogP contribution is 2.11. The molecular formula is C6H3ClFNO. The van der Waals surface area contributed by atoms with Crippen molar-refractivity contribution in [1.82, 2.24) is 4.98 Å². The summed E-state index contributed by atoms with van der Waals surface area (Å²) >= 11 is 5.35. The minimum absolute atomic E-state index is 0.102. The van der Waals surface area contributed by atoms with Crippen molar-refractivity contribution in [2.45, 2.75) is 0 Å². The zero-order chi connectivity index (χ0) is 7.56. The fourth-order valence-corrected chi connectivity index (χ4v) is 0.726. The van der Waals surface area contributed by atoms with Crippen molar-refractivity contribution in [3.8, 4) is 0 Å². The van der Waals surface area contributed by atoms with Crippen molar-refractivity contribution in [3.05, 3.63) is 29.0 Å². The van der Waals surface area contributed by atoms with Gasteiger partial charge in [0.25, 0.3) is 0 Å². The topological polar surface area (TPSA) is 30.0 Å². The molecular weight excluding hydrogens is 157 g/mol. The van der Waals surface area contributed by atoms with Crippen LogP contribution in [-0.4, -0.2) is 11.0 Å². The molecule has 0 aliphatic rings. The maximum atomic E-state index is 11.9. The molecule has 1 heterocycles. The Bertz CT molecular complexity index is 264. The van der Waals surface area contributed by atoms with Gasteiger partial charge in [-0.1, -0.05) is 11.6 Å². The van der Waals surface area contributed by atoms with Crippen LogP contribution >= 0.6 is 11.6 Å². The van der Waals surface area contributed by atoms with E-state index < -0.39 is 6.04 Å². The van der Waals surface area contributed by atoms with Gasteiger partial charge in [-0.25, -0.2) is 4.98 Å². The van der Waals surface area contributed by atoms with Crippen LogP contribution in [-0.2, 0) is 0 Å². The van der Waals surface area contributed by atoms with Crippen molar-refractivity contribution in [2.75, 3.05) is 0 Å². The molecule has 0 amide bonds. The van der Waals surface area contributed by atoms with Crippen molar-refractivity contribution in [3.63, 3.8) is 0 Å². The lowest BCUT2D eigenvalue weighted by Crippen LogP contribution is -1.91. The average molecular weight is 160 g/mol. The van der Waals surface area contributed by atoms with Gasteiger partial charge in [0.1, 0.15) is 5.15 Å². The van der Waals surface area contributed by atoms with Crippen LogP contribution in [0.3, 0.4) is 0 Å². The van der Waals surface area contributed by atoms with E-state index in [4.69, 9.17) is 11.6 Å². The summed E-state index contributed by atoms with van der Waals surface area (Å²) in [6.07, 6.45) is 1.38. The van der Waals surface area contributed by atoms with Crippen LogP contribution in [0, 0.1) is 0 Å². The number of hydrogen-bond donors (Lipinski definition) is 0. The first kappa shape index (κ1) is 7.15. The summed E-state index contributed by atoms with van der Waals surface area (Å²) in [6, 6.07) is 1.16. The Labute approximate surface area is 61.6 Å². The second-order valence-electron chi connectivity index (χ2n) is 1.62. The highest BCUT2D eigenvalue weighted by molar-refractivity contribution is 6.32. The van der Waals surface area contributed by atoms with Gasteiger partial charge in [-0.15, -0.1) is 0 Å². The zero-order valence-corrected chi connectivity index (χ0v) is 5.60. The summed E-state index contributed by atoms with van der Waals surface area (Å²) in [5, 5.41) is -0.102. The predicted molar refractivity (Wildman–Crippen MR) is 34.7 cm³/mol. The Balaban J connectivity index is 3.15. The Morgan fingerprint density at radius 2 is 2.40 bits per heavy atom. The van der Waals surface area contributed by atoms with E-state index in [-0.39, 0.29) is 10.7 Å². The standard InChI is InChI=1S/C6H3ClFNO/c7-5-4(6(8)10)2-1-3-9-5/h1-3H. The van der Waals surface area contributed by atoms with E-state index >= 15 is 0 Å². The number of nitrogens with zero attached hydrogens (tertiary/aromatic N) is 1. The van der Waals surface area contributed by atoms with Crippen LogP contribution in [0.2, 0.25) is 5.15 Å². The van der Waals surface area contributed by atoms with Gasteiger partial charge in [0.05, 0.1) is 5.56 Å². The molecule has 1 rings (SSSR count). The number of carbonyl (C=O) groups excluding carboxylic acids is 1. The molecule has 0 spiro atoms. The largest absolute Gasteiger partial charge is 0.335 e. The molecule has 0 N–H and O–H groups in total. The second kappa shape index (κ2) is 2.75. The molecule has 2 nitrogen and oxygen atoms in total. The van der Waals surface area contributed by atoms with E-state index in [1.807, 2.05) is 0 Å². The molecule has 1 aromatic rings. The second-order valence-corrected chi connectivity index (χ2v) is 1.97. The van der Waals surface area contributed by atoms with Gasteiger partial charge < -0.3 is 0 Å². The van der Waals surface area contributed by atoms with Gasteiger partial charge in [-0.05, 0) is 12.1 Å². The smallest absolute Gasteiger partial charge is 0.255 e. The number of aromatic nitrogens is 1. The molecule has 0 saturated heterocycles. The summed E-state index contributed by atoms with van der Waals surface area (Å²) in [7, 11) is 0. The maximum Gasteiger partial charge on any atom is 0.335 e. The van der Waals surface area contributed by atoms with Crippen LogP contribution in [0.4, 0.5) is 4.39 Å². The number of rotatable bonds is 1. The summed E-state index contributed by atoms with van der Waals surface area (Å²) < 4.78 is 11.9. The summed E-state index contributed by atoms with van der Waals surface area (Å²) in [4.78, 5) is 13.6. The Kier molecular flexibility index (Phi) is 1.97. The molecule has 0 atom stereocenters. The lowest BCUT2D eigenvalue weighted by atomic mass is 10.3. The van der Waals surface area contributed by atoms with E-state index in [2.05, 4.69) is 4.98 Å². The molecule has 0 fully saturated rings. The third-order valence-electron chi connectivity index (χ3n) is 0.971. The first-order chi connectivity index (χ1) is 4.72. The van der Waals surface area contributed by atoms with Crippen molar-refractivity contribution < 1.29 is 9.18 Å². The minimum Gasteiger partial charge on any atom is -0.255 e. The summed E-state index contributed by atoms with van der Waals surface area (Å²) in [5.41, 5.74) is -0.191. The highest BCUT2D eigenvalue weighted by atomic mass is 35.5. The molecule has 4 heteroatoms. The van der Waals surface area contributed by atoms with Crippen LogP contribution < -0.4 is 0 Å². The molecule has 0 radical (unpaired) electrons. The van der Waals surface area contributed by atoms with E-state index in [9.17, 15) is 9.18 Å². The molecule has 0 unspecified atom stereocenters. The van der Waals surface area contributed by atoms with Gasteiger partial charge >= 0.3 is 6.04 Å². The first-order valence-electron chi connectivity index (χ1n) is 2.52. The number of halogens is 2. The molecule has 0 saturated carbocycles. The number of carbonyl (C=O) groups is 1. The molecule has 10 heavy (non-hydrogen) atoms. The SMILES string of the molecule is O=C(F)c1cccnc1Cl. The van der Waals surface area contributed by atoms with Crippen LogP contribution in [0.1, 0.15) is 10.4 Å². The van der Waals surface area contributed by atoms with Crippen LogP contribution in [0.25, 0.3) is 0 Å². The first-order valence-corrected chi connectivity index (χ1v) is 2.90. The van der Waals surface area contributed by atoms with Crippen LogP contribution in [0.5, 0.6) is 0 Å². The Hall–Kier alpha value is -0.960. The van der Waals surface area contributed by atoms with Gasteiger partial charge in [-0.2, -0.15) is 4.39 Å². The monoisotopic (exact) mass is 159 g/mol. The Morgan fingerprint density at radius 1 is 1.70 bits per heavy atom. The third kappa shape index (κ3) is 1.30. The van der Waals surface area contributed by atoms with Crippen LogP contribution in [0.15, 0.2) is 18.3 Å². The fourth-order valence-electron chi connectivity index (χ4n) is 0.533. The van der Waals surface area contributed by atoms with E-state index in [1.54, 1.807) is 0 Å². The molecule has 0 aliphatic carbocycles. The van der Waals surface area contributed by atoms with Crippen molar-refractivity contribution in [1.29, 1.82) is 0 Å². The molecule has 0 aromatic carbocycles. The van der Waals surface area contributed by atoms with Crippen molar-refractivity contribution in [2.24, 2.45) is 0 Å². The fraction of sp³-hybridized carbons (Fsp3) is 0. The maximum absolute atomic E-state index is 11.9. The van der Waals surface area contributed by atoms with Gasteiger partial charge in [0, 0.05) is 6.20 Å². The minimum atomic E-state index is -1.56. The molecule has 52 valence electrons. The molecule has 1 aromatic heterocycles. The lowest BCUT2D eigenvalue weighted by molar-refractivity contribution is 0.0835. The van der Waals surface area contributed by atoms with E-state index in [0.717, 1.165) is 0 Å².